The first-order valence-corrected chi connectivity index (χ1v) is 6.70. The lowest BCUT2D eigenvalue weighted by Crippen LogP contribution is -2.45. The smallest absolute Gasteiger partial charge is 0.0398 e. The molecule has 2 atom stereocenters. The molecule has 1 heteroatoms. The predicted octanol–water partition coefficient (Wildman–Crippen LogP) is 3.36. The van der Waals surface area contributed by atoms with Gasteiger partial charge in [-0.05, 0) is 44.9 Å². The lowest BCUT2D eigenvalue weighted by molar-refractivity contribution is 0.176. The van der Waals surface area contributed by atoms with E-state index in [1.54, 1.807) is 0 Å². The summed E-state index contributed by atoms with van der Waals surface area (Å²) in [4.78, 5) is 2.78. The number of fused-ring (bicyclic) bond motifs is 2. The molecule has 2 heterocycles. The lowest BCUT2D eigenvalue weighted by Gasteiger charge is -2.41. The molecule has 3 aliphatic rings. The van der Waals surface area contributed by atoms with Crippen LogP contribution < -0.4 is 0 Å². The molecule has 1 aliphatic carbocycles. The van der Waals surface area contributed by atoms with Crippen LogP contribution in [-0.4, -0.2) is 23.5 Å². The highest BCUT2D eigenvalue weighted by Gasteiger charge is 2.47. The average molecular weight is 205 g/mol. The molecule has 0 N–H and O–H groups in total. The average Bonchev–Trinajstić information content (AvgIpc) is 2.80. The zero-order valence-electron chi connectivity index (χ0n) is 10.2. The summed E-state index contributed by atoms with van der Waals surface area (Å²) in [5.41, 5.74) is 4.17. The first kappa shape index (κ1) is 9.89. The topological polar surface area (TPSA) is 3.24 Å². The largest absolute Gasteiger partial charge is 0.294 e. The molecule has 0 bridgehead atoms. The molecule has 0 radical (unpaired) electrons. The maximum absolute atomic E-state index is 2.78. The Kier molecular flexibility index (Phi) is 2.21. The van der Waals surface area contributed by atoms with Crippen molar-refractivity contribution >= 4 is 0 Å². The summed E-state index contributed by atoms with van der Waals surface area (Å²) in [5.74, 6) is 0.961. The summed E-state index contributed by atoms with van der Waals surface area (Å²) < 4.78 is 0. The molecule has 0 aromatic rings. The maximum atomic E-state index is 2.78. The van der Waals surface area contributed by atoms with Crippen molar-refractivity contribution < 1.29 is 0 Å². The molecule has 1 fully saturated rings. The van der Waals surface area contributed by atoms with Gasteiger partial charge in [0.15, 0.2) is 0 Å². The molecule has 0 amide bonds. The minimum absolute atomic E-state index is 0.477. The van der Waals surface area contributed by atoms with Gasteiger partial charge in [0, 0.05) is 18.6 Å². The van der Waals surface area contributed by atoms with Gasteiger partial charge in [0.05, 0.1) is 0 Å². The van der Waals surface area contributed by atoms with E-state index < -0.39 is 0 Å². The highest BCUT2D eigenvalue weighted by atomic mass is 15.2. The monoisotopic (exact) mass is 205 g/mol. The zero-order valence-corrected chi connectivity index (χ0v) is 10.2. The normalized spacial score (nSPS) is 40.8. The van der Waals surface area contributed by atoms with E-state index >= 15 is 0 Å². The van der Waals surface area contributed by atoms with E-state index in [0.29, 0.717) is 5.54 Å². The number of rotatable bonds is 1. The van der Waals surface area contributed by atoms with E-state index in [1.165, 1.54) is 51.6 Å². The van der Waals surface area contributed by atoms with E-state index in [2.05, 4.69) is 18.7 Å². The molecule has 2 aliphatic heterocycles. The van der Waals surface area contributed by atoms with Crippen molar-refractivity contribution in [2.75, 3.05) is 13.1 Å². The van der Waals surface area contributed by atoms with Crippen LogP contribution >= 0.6 is 0 Å². The second-order valence-electron chi connectivity index (χ2n) is 5.88. The first-order chi connectivity index (χ1) is 7.24. The Balaban J connectivity index is 1.94. The maximum Gasteiger partial charge on any atom is 0.0398 e. The summed E-state index contributed by atoms with van der Waals surface area (Å²) in [6, 6.07) is 0. The van der Waals surface area contributed by atoms with Gasteiger partial charge in [0.1, 0.15) is 0 Å². The van der Waals surface area contributed by atoms with Crippen LogP contribution in [0.25, 0.3) is 0 Å². The summed E-state index contributed by atoms with van der Waals surface area (Å²) in [5, 5.41) is 0. The molecule has 0 aromatic carbocycles. The summed E-state index contributed by atoms with van der Waals surface area (Å²) in [7, 11) is 0. The highest BCUT2D eigenvalue weighted by Crippen LogP contribution is 2.49. The molecule has 15 heavy (non-hydrogen) atoms. The van der Waals surface area contributed by atoms with Crippen LogP contribution in [0.15, 0.2) is 11.1 Å². The number of nitrogens with zero attached hydrogens (tertiary/aromatic N) is 1. The second kappa shape index (κ2) is 3.35. The SMILES string of the molecule is CCC1CN2CCC3=C(CCC3)C2(C)C1. The molecule has 2 unspecified atom stereocenters. The van der Waals surface area contributed by atoms with Gasteiger partial charge in [-0.15, -0.1) is 0 Å². The summed E-state index contributed by atoms with van der Waals surface area (Å²) in [6.45, 7) is 7.58. The van der Waals surface area contributed by atoms with Gasteiger partial charge in [0.25, 0.3) is 0 Å². The Bertz CT molecular complexity index is 304. The van der Waals surface area contributed by atoms with Gasteiger partial charge in [-0.2, -0.15) is 0 Å². The van der Waals surface area contributed by atoms with Crippen LogP contribution in [0, 0.1) is 5.92 Å². The molecular formula is C14H23N. The van der Waals surface area contributed by atoms with E-state index in [9.17, 15) is 0 Å². The number of hydrogen-bond acceptors (Lipinski definition) is 1. The van der Waals surface area contributed by atoms with Crippen LogP contribution in [-0.2, 0) is 0 Å². The van der Waals surface area contributed by atoms with Gasteiger partial charge in [-0.1, -0.05) is 24.5 Å². The highest BCUT2D eigenvalue weighted by molar-refractivity contribution is 5.34. The zero-order chi connectivity index (χ0) is 10.5. The third-order valence-corrected chi connectivity index (χ3v) is 5.11. The molecule has 84 valence electrons. The molecular weight excluding hydrogens is 182 g/mol. The third-order valence-electron chi connectivity index (χ3n) is 5.11. The fraction of sp³-hybridized carbons (Fsp3) is 0.857. The van der Waals surface area contributed by atoms with Crippen molar-refractivity contribution in [3.05, 3.63) is 11.1 Å². The quantitative estimate of drug-likeness (QED) is 0.593. The van der Waals surface area contributed by atoms with Crippen molar-refractivity contribution in [3.8, 4) is 0 Å². The predicted molar refractivity (Wildman–Crippen MR) is 63.9 cm³/mol. The third kappa shape index (κ3) is 1.32. The van der Waals surface area contributed by atoms with Crippen LogP contribution in [0.1, 0.15) is 52.4 Å². The Morgan fingerprint density at radius 3 is 3.00 bits per heavy atom. The Morgan fingerprint density at radius 2 is 2.20 bits per heavy atom. The fourth-order valence-electron chi connectivity index (χ4n) is 4.20. The fourth-order valence-corrected chi connectivity index (χ4v) is 4.20. The standard InChI is InChI=1S/C14H23N/c1-3-11-9-14(2)13-6-4-5-12(13)7-8-15(14)10-11/h11H,3-10H2,1-2H3. The molecule has 1 saturated heterocycles. The Morgan fingerprint density at radius 1 is 1.33 bits per heavy atom. The minimum Gasteiger partial charge on any atom is -0.294 e. The van der Waals surface area contributed by atoms with E-state index in [1.807, 2.05) is 11.1 Å². The van der Waals surface area contributed by atoms with Crippen molar-refractivity contribution in [2.45, 2.75) is 57.9 Å². The Labute approximate surface area is 93.5 Å². The summed E-state index contributed by atoms with van der Waals surface area (Å²) >= 11 is 0. The van der Waals surface area contributed by atoms with E-state index in [4.69, 9.17) is 0 Å². The minimum atomic E-state index is 0.477. The summed E-state index contributed by atoms with van der Waals surface area (Å²) in [6.07, 6.45) is 8.43. The van der Waals surface area contributed by atoms with Gasteiger partial charge in [-0.3, -0.25) is 4.90 Å². The van der Waals surface area contributed by atoms with Crippen molar-refractivity contribution in [2.24, 2.45) is 5.92 Å². The van der Waals surface area contributed by atoms with Gasteiger partial charge in [0.2, 0.25) is 0 Å². The Hall–Kier alpha value is -0.300. The van der Waals surface area contributed by atoms with Crippen LogP contribution in [0.3, 0.4) is 0 Å². The van der Waals surface area contributed by atoms with Gasteiger partial charge >= 0.3 is 0 Å². The van der Waals surface area contributed by atoms with Crippen LogP contribution in [0.4, 0.5) is 0 Å². The van der Waals surface area contributed by atoms with Crippen LogP contribution in [0.2, 0.25) is 0 Å². The molecule has 0 aromatic heterocycles. The first-order valence-electron chi connectivity index (χ1n) is 6.70. The van der Waals surface area contributed by atoms with Gasteiger partial charge < -0.3 is 0 Å². The molecule has 1 nitrogen and oxygen atoms in total. The van der Waals surface area contributed by atoms with Crippen LogP contribution in [0.5, 0.6) is 0 Å². The van der Waals surface area contributed by atoms with Gasteiger partial charge in [-0.25, -0.2) is 0 Å². The van der Waals surface area contributed by atoms with E-state index in [-0.39, 0.29) is 0 Å². The number of hydrogen-bond donors (Lipinski definition) is 0. The second-order valence-corrected chi connectivity index (χ2v) is 5.88. The van der Waals surface area contributed by atoms with Crippen molar-refractivity contribution in [1.82, 2.24) is 4.90 Å². The molecule has 3 rings (SSSR count). The lowest BCUT2D eigenvalue weighted by atomic mass is 9.81. The molecule has 0 saturated carbocycles. The van der Waals surface area contributed by atoms with Crippen molar-refractivity contribution in [1.29, 1.82) is 0 Å². The molecule has 0 spiro atoms. The van der Waals surface area contributed by atoms with Crippen molar-refractivity contribution in [3.63, 3.8) is 0 Å². The van der Waals surface area contributed by atoms with E-state index in [0.717, 1.165) is 5.92 Å².